The minimum Gasteiger partial charge on any atom is -0.304 e. The molecule has 0 bridgehead atoms. The summed E-state index contributed by atoms with van der Waals surface area (Å²) < 4.78 is 2.01. The van der Waals surface area contributed by atoms with E-state index in [9.17, 15) is 5.26 Å². The lowest BCUT2D eigenvalue weighted by atomic mass is 10.1. The molecule has 0 saturated carbocycles. The first-order valence-electron chi connectivity index (χ1n) is 7.09. The van der Waals surface area contributed by atoms with E-state index >= 15 is 0 Å². The van der Waals surface area contributed by atoms with E-state index in [-0.39, 0.29) is 11.5 Å². The number of anilines is 1. The molecule has 4 rings (SSSR count). The number of para-hydroxylation sites is 1. The molecule has 2 heterocycles. The Balaban J connectivity index is 2.05. The van der Waals surface area contributed by atoms with E-state index in [0.717, 1.165) is 16.5 Å². The molecule has 2 aromatic carbocycles. The van der Waals surface area contributed by atoms with Crippen LogP contribution in [0.1, 0.15) is 17.3 Å². The van der Waals surface area contributed by atoms with Crippen LogP contribution in [-0.4, -0.2) is 4.57 Å². The van der Waals surface area contributed by atoms with Crippen molar-refractivity contribution in [3.05, 3.63) is 70.0 Å². The first-order chi connectivity index (χ1) is 11.2. The van der Waals surface area contributed by atoms with Gasteiger partial charge in [0.2, 0.25) is 0 Å². The van der Waals surface area contributed by atoms with Gasteiger partial charge in [0.25, 0.3) is 0 Å². The number of fused-ring (bicyclic) bond motifs is 3. The predicted molar refractivity (Wildman–Crippen MR) is 88.9 cm³/mol. The zero-order valence-corrected chi connectivity index (χ0v) is 12.7. The van der Waals surface area contributed by atoms with E-state index in [2.05, 4.69) is 16.9 Å². The van der Waals surface area contributed by atoms with Crippen molar-refractivity contribution >= 4 is 28.3 Å². The van der Waals surface area contributed by atoms with Crippen LogP contribution in [0.5, 0.6) is 0 Å². The van der Waals surface area contributed by atoms with Crippen LogP contribution in [0.25, 0.3) is 10.9 Å². The molecule has 0 fully saturated rings. The van der Waals surface area contributed by atoms with E-state index in [0.29, 0.717) is 16.4 Å². The number of hydrazine groups is 1. The maximum absolute atomic E-state index is 9.47. The first-order valence-corrected chi connectivity index (χ1v) is 7.47. The highest BCUT2D eigenvalue weighted by Crippen LogP contribution is 2.31. The van der Waals surface area contributed by atoms with E-state index in [4.69, 9.17) is 17.0 Å². The Hall–Kier alpha value is -2.81. The molecule has 0 saturated heterocycles. The number of hydrogen-bond donors (Lipinski definition) is 3. The topological polar surface area (TPSA) is 76.6 Å². The zero-order chi connectivity index (χ0) is 16.0. The summed E-state index contributed by atoms with van der Waals surface area (Å²) in [6, 6.07) is 17.3. The average Bonchev–Trinajstić information content (AvgIpc) is 3.01. The van der Waals surface area contributed by atoms with Gasteiger partial charge in [-0.2, -0.15) is 5.26 Å². The Morgan fingerprint density at radius 2 is 1.87 bits per heavy atom. The van der Waals surface area contributed by atoms with Gasteiger partial charge in [0, 0.05) is 10.4 Å². The Bertz CT molecular complexity index is 1010. The summed E-state index contributed by atoms with van der Waals surface area (Å²) in [5.41, 5.74) is 8.47. The summed E-state index contributed by atoms with van der Waals surface area (Å²) in [6.07, 6.45) is -0.181. The molecule has 5 nitrogen and oxygen atoms in total. The van der Waals surface area contributed by atoms with Crippen molar-refractivity contribution in [2.45, 2.75) is 6.17 Å². The fraction of sp³-hybridized carbons (Fsp3) is 0.0588. The predicted octanol–water partition coefficient (Wildman–Crippen LogP) is 3.12. The number of nitriles is 1. The van der Waals surface area contributed by atoms with Gasteiger partial charge in [-0.15, -0.1) is 0 Å². The van der Waals surface area contributed by atoms with Gasteiger partial charge in [-0.25, -0.2) is 5.43 Å². The molecular weight excluding hydrogens is 310 g/mol. The highest BCUT2D eigenvalue weighted by Gasteiger charge is 2.27. The number of halogens is 1. The van der Waals surface area contributed by atoms with Gasteiger partial charge in [-0.05, 0) is 23.8 Å². The summed E-state index contributed by atoms with van der Waals surface area (Å²) in [6.45, 7) is 0. The maximum Gasteiger partial charge on any atom is 0.143 e. The molecule has 1 aliphatic rings. The highest BCUT2D eigenvalue weighted by molar-refractivity contribution is 6.30. The highest BCUT2D eigenvalue weighted by atomic mass is 35.5. The molecule has 0 amide bonds. The largest absolute Gasteiger partial charge is 0.304 e. The molecule has 0 spiro atoms. The van der Waals surface area contributed by atoms with Crippen molar-refractivity contribution in [1.82, 2.24) is 9.99 Å². The molecule has 1 unspecified atom stereocenters. The van der Waals surface area contributed by atoms with Crippen LogP contribution in [0.15, 0.2) is 48.5 Å². The van der Waals surface area contributed by atoms with E-state index in [1.54, 1.807) is 0 Å². The van der Waals surface area contributed by atoms with Crippen molar-refractivity contribution in [3.63, 3.8) is 0 Å². The van der Waals surface area contributed by atoms with Crippen LogP contribution in [0.3, 0.4) is 0 Å². The van der Waals surface area contributed by atoms with Crippen LogP contribution in [-0.2, 0) is 0 Å². The fourth-order valence-corrected chi connectivity index (χ4v) is 3.09. The van der Waals surface area contributed by atoms with Crippen LogP contribution >= 0.6 is 11.6 Å². The third-order valence-electron chi connectivity index (χ3n) is 4.04. The Morgan fingerprint density at radius 1 is 1.13 bits per heavy atom. The number of nitrogens with one attached hydrogen (secondary N) is 3. The first kappa shape index (κ1) is 13.8. The second-order valence-electron chi connectivity index (χ2n) is 5.32. The van der Waals surface area contributed by atoms with E-state index in [1.165, 1.54) is 0 Å². The minimum absolute atomic E-state index is 0.181. The van der Waals surface area contributed by atoms with Crippen molar-refractivity contribution in [2.24, 2.45) is 0 Å². The van der Waals surface area contributed by atoms with Gasteiger partial charge in [0.05, 0.1) is 10.9 Å². The molecule has 112 valence electrons. The minimum atomic E-state index is -0.181. The molecule has 3 aromatic rings. The van der Waals surface area contributed by atoms with Crippen LogP contribution in [0.4, 0.5) is 5.82 Å². The van der Waals surface area contributed by atoms with Crippen molar-refractivity contribution in [3.8, 4) is 6.07 Å². The van der Waals surface area contributed by atoms with Crippen molar-refractivity contribution in [1.29, 1.82) is 10.7 Å². The maximum atomic E-state index is 9.47. The van der Waals surface area contributed by atoms with Crippen LogP contribution in [0, 0.1) is 16.7 Å². The molecule has 1 aliphatic heterocycles. The lowest BCUT2D eigenvalue weighted by molar-refractivity contribution is 0.584. The van der Waals surface area contributed by atoms with Gasteiger partial charge < -0.3 is 9.99 Å². The number of nitrogens with zero attached hydrogens (tertiary/aromatic N) is 2. The Kier molecular flexibility index (Phi) is 3.08. The van der Waals surface area contributed by atoms with E-state index in [1.807, 2.05) is 53.1 Å². The van der Waals surface area contributed by atoms with Crippen molar-refractivity contribution < 1.29 is 0 Å². The zero-order valence-electron chi connectivity index (χ0n) is 12.0. The lowest BCUT2D eigenvalue weighted by Crippen LogP contribution is -2.22. The molecule has 3 N–H and O–H groups in total. The second kappa shape index (κ2) is 5.13. The molecule has 0 aliphatic carbocycles. The van der Waals surface area contributed by atoms with E-state index < -0.39 is 0 Å². The van der Waals surface area contributed by atoms with Crippen molar-refractivity contribution in [2.75, 3.05) is 5.43 Å². The third-order valence-corrected chi connectivity index (χ3v) is 4.30. The molecule has 6 heteroatoms. The number of rotatable bonds is 1. The second-order valence-corrected chi connectivity index (χ2v) is 5.76. The molecule has 1 atom stereocenters. The normalized spacial score (nSPS) is 15.9. The standard InChI is InChI=1S/C17H12ClN5/c18-11-7-5-10(6-8-11)16-21-22-17-13(9-19)15(20)12-3-1-2-4-14(12)23(16)17/h1-8,16,20-22H. The fourth-order valence-electron chi connectivity index (χ4n) is 2.97. The quantitative estimate of drug-likeness (QED) is 0.644. The van der Waals surface area contributed by atoms with Gasteiger partial charge in [-0.3, -0.25) is 5.41 Å². The van der Waals surface area contributed by atoms with Crippen LogP contribution < -0.4 is 16.2 Å². The van der Waals surface area contributed by atoms with Crippen LogP contribution in [0.2, 0.25) is 5.02 Å². The Morgan fingerprint density at radius 3 is 2.61 bits per heavy atom. The summed E-state index contributed by atoms with van der Waals surface area (Å²) in [7, 11) is 0. The summed E-state index contributed by atoms with van der Waals surface area (Å²) >= 11 is 5.97. The summed E-state index contributed by atoms with van der Waals surface area (Å²) in [5, 5.41) is 19.4. The summed E-state index contributed by atoms with van der Waals surface area (Å²) in [4.78, 5) is 0. The van der Waals surface area contributed by atoms with Gasteiger partial charge in [-0.1, -0.05) is 41.9 Å². The SMILES string of the molecule is N#Cc1c2n(c3ccccc3c1=N)C(c1ccc(Cl)cc1)NN2. The third kappa shape index (κ3) is 2.00. The average molecular weight is 322 g/mol. The van der Waals surface area contributed by atoms with Gasteiger partial charge >= 0.3 is 0 Å². The Labute approximate surface area is 137 Å². The van der Waals surface area contributed by atoms with Gasteiger partial charge in [0.1, 0.15) is 23.6 Å². The smallest absolute Gasteiger partial charge is 0.143 e. The number of hydrogen-bond acceptors (Lipinski definition) is 4. The van der Waals surface area contributed by atoms with Gasteiger partial charge in [0.15, 0.2) is 0 Å². The monoisotopic (exact) mass is 321 g/mol. The molecule has 1 aromatic heterocycles. The molecule has 23 heavy (non-hydrogen) atoms. The number of pyridine rings is 1. The molecular formula is C17H12ClN5. The lowest BCUT2D eigenvalue weighted by Gasteiger charge is -2.17. The molecule has 0 radical (unpaired) electrons. The number of aromatic nitrogens is 1. The number of benzene rings is 2. The summed E-state index contributed by atoms with van der Waals surface area (Å²) in [5.74, 6) is 0.608.